The van der Waals surface area contributed by atoms with Crippen molar-refractivity contribution in [3.8, 4) is 0 Å². The second-order valence-electron chi connectivity index (χ2n) is 11.8. The van der Waals surface area contributed by atoms with Crippen LogP contribution in [0.2, 0.25) is 0 Å². The molecule has 3 aromatic carbocycles. The molecule has 5 N–H and O–H groups in total. The molecule has 0 bridgehead atoms. The van der Waals surface area contributed by atoms with Gasteiger partial charge in [-0.3, -0.25) is 19.0 Å². The molecule has 3 atom stereocenters. The summed E-state index contributed by atoms with van der Waals surface area (Å²) in [6, 6.07) is 21.6. The van der Waals surface area contributed by atoms with E-state index in [9.17, 15) is 14.4 Å². The summed E-state index contributed by atoms with van der Waals surface area (Å²) in [5.74, 6) is -1.34. The number of ether oxygens (including phenoxy) is 4. The SMILES string of the molecule is CCO[C@H]1OC(C(=O)NCc2ccc(C(=O)Nc3ccccc3N)cc2)=C[C@@H](c2cn(C(C)=O)c3ccccc23)[C@H]1CCOCCOCCO. The zero-order chi connectivity index (χ0) is 35.5. The van der Waals surface area contributed by atoms with Crippen molar-refractivity contribution in [3.63, 3.8) is 0 Å². The number of aromatic nitrogens is 1. The highest BCUT2D eigenvalue weighted by molar-refractivity contribution is 6.05. The third-order valence-electron chi connectivity index (χ3n) is 8.46. The molecule has 0 saturated carbocycles. The third kappa shape index (κ3) is 8.96. The van der Waals surface area contributed by atoms with Gasteiger partial charge >= 0.3 is 0 Å². The number of para-hydroxylation sites is 3. The normalized spacial score (nSPS) is 17.2. The molecule has 2 amide bonds. The average molecular weight is 685 g/mol. The van der Waals surface area contributed by atoms with Crippen molar-refractivity contribution in [1.29, 1.82) is 0 Å². The van der Waals surface area contributed by atoms with Gasteiger partial charge in [0, 0.05) is 55.7 Å². The quantitative estimate of drug-likeness (QED) is 0.0955. The summed E-state index contributed by atoms with van der Waals surface area (Å²) in [6.45, 7) is 5.21. The molecule has 2 heterocycles. The molecule has 0 fully saturated rings. The summed E-state index contributed by atoms with van der Waals surface area (Å²) in [4.78, 5) is 39.0. The first-order valence-corrected chi connectivity index (χ1v) is 16.7. The molecule has 50 heavy (non-hydrogen) atoms. The molecular weight excluding hydrogens is 640 g/mol. The van der Waals surface area contributed by atoms with Crippen LogP contribution in [0.5, 0.6) is 0 Å². The Labute approximate surface area is 291 Å². The number of rotatable bonds is 16. The number of carbonyl (C=O) groups is 3. The number of aliphatic hydroxyl groups excluding tert-OH is 1. The highest BCUT2D eigenvalue weighted by atomic mass is 16.7. The Bertz CT molecular complexity index is 1800. The van der Waals surface area contributed by atoms with E-state index in [-0.39, 0.29) is 49.2 Å². The Morgan fingerprint density at radius 2 is 1.64 bits per heavy atom. The summed E-state index contributed by atoms with van der Waals surface area (Å²) >= 11 is 0. The number of aliphatic hydroxyl groups is 1. The van der Waals surface area contributed by atoms with Gasteiger partial charge in [-0.05, 0) is 60.9 Å². The minimum Gasteiger partial charge on any atom is -0.459 e. The number of fused-ring (bicyclic) bond motifs is 1. The number of nitrogens with zero attached hydrogens (tertiary/aromatic N) is 1. The van der Waals surface area contributed by atoms with E-state index < -0.39 is 12.2 Å². The van der Waals surface area contributed by atoms with E-state index in [1.807, 2.05) is 37.4 Å². The van der Waals surface area contributed by atoms with Gasteiger partial charge in [-0.2, -0.15) is 0 Å². The number of nitrogens with one attached hydrogen (secondary N) is 2. The summed E-state index contributed by atoms with van der Waals surface area (Å²) < 4.78 is 25.1. The summed E-state index contributed by atoms with van der Waals surface area (Å²) in [7, 11) is 0. The number of anilines is 2. The van der Waals surface area contributed by atoms with Crippen LogP contribution in [0.25, 0.3) is 10.9 Å². The number of amides is 2. The Hall–Kier alpha value is -5.01. The molecule has 5 rings (SSSR count). The lowest BCUT2D eigenvalue weighted by Gasteiger charge is -2.36. The highest BCUT2D eigenvalue weighted by Gasteiger charge is 2.39. The highest BCUT2D eigenvalue weighted by Crippen LogP contribution is 2.42. The van der Waals surface area contributed by atoms with E-state index in [2.05, 4.69) is 10.6 Å². The largest absolute Gasteiger partial charge is 0.459 e. The number of carbonyl (C=O) groups excluding carboxylic acids is 3. The zero-order valence-electron chi connectivity index (χ0n) is 28.3. The number of nitrogen functional groups attached to an aromatic ring is 1. The fraction of sp³-hybridized carbons (Fsp3) is 0.342. The van der Waals surface area contributed by atoms with Crippen molar-refractivity contribution in [2.75, 3.05) is 50.7 Å². The second kappa shape index (κ2) is 17.6. The van der Waals surface area contributed by atoms with Crippen LogP contribution in [0.1, 0.15) is 52.5 Å². The standard InChI is InChI=1S/C38H44N4O8/c1-3-49-38-29(16-18-47-20-21-48-19-17-43)30(31-24-42(25(2)44)34-11-7-4-8-28(31)34)22-35(50-38)37(46)40-23-26-12-14-27(15-13-26)36(45)41-33-10-6-5-9-32(33)39/h4-15,22,24,29-30,38,43H,3,16-21,23,39H2,1-2H3,(H,40,46)(H,41,45)/t29-,30-,38+/m1/s1. The van der Waals surface area contributed by atoms with Gasteiger partial charge in [0.15, 0.2) is 5.76 Å². The zero-order valence-corrected chi connectivity index (χ0v) is 28.3. The van der Waals surface area contributed by atoms with Crippen LogP contribution in [-0.4, -0.2) is 73.3 Å². The number of hydrogen-bond donors (Lipinski definition) is 4. The minimum atomic E-state index is -0.763. The second-order valence-corrected chi connectivity index (χ2v) is 11.8. The van der Waals surface area contributed by atoms with Crippen molar-refractivity contribution in [2.45, 2.75) is 39.0 Å². The molecule has 0 spiro atoms. The summed E-state index contributed by atoms with van der Waals surface area (Å²) in [5, 5.41) is 15.6. The van der Waals surface area contributed by atoms with E-state index in [1.54, 1.807) is 59.2 Å². The number of nitrogens with two attached hydrogens (primary N) is 1. The summed E-state index contributed by atoms with van der Waals surface area (Å²) in [6.07, 6.45) is 3.41. The predicted molar refractivity (Wildman–Crippen MR) is 189 cm³/mol. The van der Waals surface area contributed by atoms with Crippen molar-refractivity contribution < 1.29 is 38.4 Å². The molecule has 0 radical (unpaired) electrons. The molecule has 264 valence electrons. The molecule has 12 heteroatoms. The van der Waals surface area contributed by atoms with Gasteiger partial charge in [0.2, 0.25) is 12.2 Å². The van der Waals surface area contributed by atoms with Crippen molar-refractivity contribution in [2.24, 2.45) is 5.92 Å². The fourth-order valence-corrected chi connectivity index (χ4v) is 5.98. The molecule has 1 aromatic heterocycles. The van der Waals surface area contributed by atoms with E-state index in [0.29, 0.717) is 49.8 Å². The average Bonchev–Trinajstić information content (AvgIpc) is 3.52. The number of hydrogen-bond acceptors (Lipinski definition) is 9. The predicted octanol–water partition coefficient (Wildman–Crippen LogP) is 4.84. The Kier molecular flexibility index (Phi) is 12.8. The molecule has 1 aliphatic rings. The van der Waals surface area contributed by atoms with Crippen molar-refractivity contribution in [1.82, 2.24) is 9.88 Å². The Morgan fingerprint density at radius 3 is 2.36 bits per heavy atom. The third-order valence-corrected chi connectivity index (χ3v) is 8.46. The van der Waals surface area contributed by atoms with Gasteiger partial charge in [-0.15, -0.1) is 0 Å². The minimum absolute atomic E-state index is 0.0519. The van der Waals surface area contributed by atoms with Crippen LogP contribution in [0.15, 0.2) is 90.8 Å². The molecule has 12 nitrogen and oxygen atoms in total. The maximum atomic E-state index is 13.6. The van der Waals surface area contributed by atoms with Crippen LogP contribution in [0.4, 0.5) is 11.4 Å². The van der Waals surface area contributed by atoms with Crippen LogP contribution in [0, 0.1) is 5.92 Å². The molecule has 0 unspecified atom stereocenters. The number of allylic oxidation sites excluding steroid dienone is 1. The first-order valence-electron chi connectivity index (χ1n) is 16.7. The lowest BCUT2D eigenvalue weighted by atomic mass is 9.81. The van der Waals surface area contributed by atoms with Crippen LogP contribution in [0.3, 0.4) is 0 Å². The Balaban J connectivity index is 1.34. The van der Waals surface area contributed by atoms with Crippen molar-refractivity contribution in [3.05, 3.63) is 108 Å². The van der Waals surface area contributed by atoms with Crippen molar-refractivity contribution >= 4 is 40.0 Å². The first-order chi connectivity index (χ1) is 24.3. The van der Waals surface area contributed by atoms with E-state index in [4.69, 9.17) is 29.8 Å². The maximum absolute atomic E-state index is 13.6. The van der Waals surface area contributed by atoms with Gasteiger partial charge in [0.25, 0.3) is 11.8 Å². The fourth-order valence-electron chi connectivity index (χ4n) is 5.98. The monoisotopic (exact) mass is 684 g/mol. The van der Waals surface area contributed by atoms with Crippen LogP contribution >= 0.6 is 0 Å². The molecule has 1 aliphatic heterocycles. The molecule has 0 saturated heterocycles. The smallest absolute Gasteiger partial charge is 0.286 e. The van der Waals surface area contributed by atoms with Gasteiger partial charge in [0.05, 0.1) is 43.3 Å². The van der Waals surface area contributed by atoms with E-state index >= 15 is 0 Å². The first kappa shape index (κ1) is 36.3. The van der Waals surface area contributed by atoms with E-state index in [1.165, 1.54) is 6.92 Å². The molecule has 4 aromatic rings. The molecular formula is C38H44N4O8. The lowest BCUT2D eigenvalue weighted by Crippen LogP contribution is -2.39. The van der Waals surface area contributed by atoms with E-state index in [0.717, 1.165) is 22.0 Å². The topological polar surface area (TPSA) is 163 Å². The van der Waals surface area contributed by atoms with Crippen LogP contribution < -0.4 is 16.4 Å². The van der Waals surface area contributed by atoms with Crippen LogP contribution in [-0.2, 0) is 30.3 Å². The van der Waals surface area contributed by atoms with Gasteiger partial charge in [-0.1, -0.05) is 42.5 Å². The Morgan fingerprint density at radius 1 is 0.920 bits per heavy atom. The van der Waals surface area contributed by atoms with Gasteiger partial charge < -0.3 is 40.4 Å². The van der Waals surface area contributed by atoms with Gasteiger partial charge in [-0.25, -0.2) is 0 Å². The van der Waals surface area contributed by atoms with Gasteiger partial charge in [0.1, 0.15) is 0 Å². The maximum Gasteiger partial charge on any atom is 0.286 e. The molecule has 0 aliphatic carbocycles. The number of benzene rings is 3. The summed E-state index contributed by atoms with van der Waals surface area (Å²) in [5.41, 5.74) is 9.82. The lowest BCUT2D eigenvalue weighted by molar-refractivity contribution is -0.168.